The zero-order valence-electron chi connectivity index (χ0n) is 14.4. The second kappa shape index (κ2) is 7.85. The van der Waals surface area contributed by atoms with Crippen LogP contribution in [0.25, 0.3) is 21.1 Å². The maximum atomic E-state index is 4.50. The maximum absolute atomic E-state index is 4.50. The van der Waals surface area contributed by atoms with E-state index in [2.05, 4.69) is 43.7 Å². The van der Waals surface area contributed by atoms with Crippen molar-refractivity contribution in [3.8, 4) is 0 Å². The number of azo groups is 1. The van der Waals surface area contributed by atoms with E-state index in [1.807, 2.05) is 50.4 Å². The van der Waals surface area contributed by atoms with Gasteiger partial charge in [0, 0.05) is 17.6 Å². The van der Waals surface area contributed by atoms with Crippen molar-refractivity contribution in [3.63, 3.8) is 0 Å². The van der Waals surface area contributed by atoms with Gasteiger partial charge in [0.25, 0.3) is 0 Å². The summed E-state index contributed by atoms with van der Waals surface area (Å²) < 4.78 is 1.08. The lowest BCUT2D eigenvalue weighted by atomic mass is 10.2. The Morgan fingerprint density at radius 3 is 2.68 bits per heavy atom. The minimum atomic E-state index is 0.649. The monoisotopic (exact) mass is 352 g/mol. The van der Waals surface area contributed by atoms with Crippen LogP contribution in [0.15, 0.2) is 52.8 Å². The molecule has 0 bridgehead atoms. The number of benzene rings is 2. The van der Waals surface area contributed by atoms with Crippen molar-refractivity contribution in [3.05, 3.63) is 42.6 Å². The summed E-state index contributed by atoms with van der Waals surface area (Å²) in [6, 6.07) is 11.9. The molecule has 0 spiro atoms. The van der Waals surface area contributed by atoms with Gasteiger partial charge in [-0.15, -0.1) is 10.2 Å². The molecule has 0 aliphatic rings. The number of H-pyrrole nitrogens is 1. The third-order valence-corrected chi connectivity index (χ3v) is 4.34. The quantitative estimate of drug-likeness (QED) is 0.439. The summed E-state index contributed by atoms with van der Waals surface area (Å²) in [4.78, 5) is 4.50. The lowest BCUT2D eigenvalue weighted by molar-refractivity contribution is 1.12. The van der Waals surface area contributed by atoms with Crippen LogP contribution in [0.1, 0.15) is 20.8 Å². The third-order valence-electron chi connectivity index (χ3n) is 3.44. The Morgan fingerprint density at radius 1 is 1.12 bits per heavy atom. The lowest BCUT2D eigenvalue weighted by Gasteiger charge is -2.01. The number of nitrogens with zero attached hydrogens (tertiary/aromatic N) is 4. The average Bonchev–Trinajstić information content (AvgIpc) is 3.26. The predicted octanol–water partition coefficient (Wildman–Crippen LogP) is 6.05. The van der Waals surface area contributed by atoms with Gasteiger partial charge in [0.2, 0.25) is 5.13 Å². The molecule has 128 valence electrons. The first-order chi connectivity index (χ1) is 12.3. The van der Waals surface area contributed by atoms with E-state index in [0.717, 1.165) is 39.0 Å². The highest BCUT2D eigenvalue weighted by atomic mass is 32.1. The van der Waals surface area contributed by atoms with Gasteiger partial charge in [0.1, 0.15) is 0 Å². The van der Waals surface area contributed by atoms with Crippen LogP contribution in [0.5, 0.6) is 0 Å². The largest absolute Gasteiger partial charge is 0.385 e. The maximum Gasteiger partial charge on any atom is 0.231 e. The van der Waals surface area contributed by atoms with Crippen LogP contribution < -0.4 is 5.32 Å². The fourth-order valence-corrected chi connectivity index (χ4v) is 3.16. The first-order valence-electron chi connectivity index (χ1n) is 8.31. The lowest BCUT2D eigenvalue weighted by Crippen LogP contribution is -1.94. The number of fused-ring (bicyclic) bond motifs is 2. The van der Waals surface area contributed by atoms with Crippen LogP contribution in [0.3, 0.4) is 0 Å². The van der Waals surface area contributed by atoms with Crippen LogP contribution in [-0.4, -0.2) is 21.7 Å². The molecule has 2 aromatic heterocycles. The van der Waals surface area contributed by atoms with Gasteiger partial charge in [-0.05, 0) is 43.3 Å². The SMILES string of the molecule is CC.CCNc1ccc(N=Nc2nc3cc4[nH]ncc4cc3s2)cc1. The second-order valence-corrected chi connectivity index (χ2v) is 6.06. The average molecular weight is 352 g/mol. The van der Waals surface area contributed by atoms with Crippen molar-refractivity contribution >= 4 is 49.0 Å². The molecule has 0 saturated carbocycles. The van der Waals surface area contributed by atoms with E-state index < -0.39 is 0 Å². The van der Waals surface area contributed by atoms with E-state index in [1.165, 1.54) is 11.3 Å². The van der Waals surface area contributed by atoms with E-state index in [0.29, 0.717) is 5.13 Å². The molecule has 6 nitrogen and oxygen atoms in total. The summed E-state index contributed by atoms with van der Waals surface area (Å²) in [7, 11) is 0. The van der Waals surface area contributed by atoms with Crippen molar-refractivity contribution in [1.82, 2.24) is 15.2 Å². The zero-order chi connectivity index (χ0) is 17.6. The van der Waals surface area contributed by atoms with Crippen LogP contribution in [-0.2, 0) is 0 Å². The molecule has 0 aliphatic heterocycles. The second-order valence-electron chi connectivity index (χ2n) is 5.05. The number of nitrogens with one attached hydrogen (secondary N) is 2. The summed E-state index contributed by atoms with van der Waals surface area (Å²) in [5.41, 5.74) is 3.77. The molecule has 2 heterocycles. The third kappa shape index (κ3) is 3.83. The van der Waals surface area contributed by atoms with Crippen molar-refractivity contribution < 1.29 is 0 Å². The number of thiazole rings is 1. The van der Waals surface area contributed by atoms with E-state index in [9.17, 15) is 0 Å². The van der Waals surface area contributed by atoms with Gasteiger partial charge in [-0.3, -0.25) is 5.10 Å². The van der Waals surface area contributed by atoms with E-state index in [4.69, 9.17) is 0 Å². The molecular formula is C18H20N6S. The van der Waals surface area contributed by atoms with E-state index >= 15 is 0 Å². The molecule has 0 radical (unpaired) electrons. The first kappa shape index (κ1) is 17.0. The number of hydrogen-bond acceptors (Lipinski definition) is 6. The zero-order valence-corrected chi connectivity index (χ0v) is 15.3. The minimum Gasteiger partial charge on any atom is -0.385 e. The van der Waals surface area contributed by atoms with Crippen LogP contribution in [0.4, 0.5) is 16.5 Å². The highest BCUT2D eigenvalue weighted by molar-refractivity contribution is 7.22. The van der Waals surface area contributed by atoms with Gasteiger partial charge in [-0.25, -0.2) is 4.98 Å². The highest BCUT2D eigenvalue weighted by Gasteiger charge is 2.06. The number of aromatic amines is 1. The fraction of sp³-hybridized carbons (Fsp3) is 0.222. The topological polar surface area (TPSA) is 78.3 Å². The van der Waals surface area contributed by atoms with Crippen molar-refractivity contribution in [2.24, 2.45) is 10.2 Å². The van der Waals surface area contributed by atoms with Crippen LogP contribution in [0.2, 0.25) is 0 Å². The molecule has 25 heavy (non-hydrogen) atoms. The normalized spacial score (nSPS) is 11.0. The van der Waals surface area contributed by atoms with Crippen LogP contribution in [0, 0.1) is 0 Å². The summed E-state index contributed by atoms with van der Waals surface area (Å²) in [6.45, 7) is 6.97. The molecule has 0 unspecified atom stereocenters. The smallest absolute Gasteiger partial charge is 0.231 e. The van der Waals surface area contributed by atoms with Gasteiger partial charge >= 0.3 is 0 Å². The van der Waals surface area contributed by atoms with Gasteiger partial charge in [-0.2, -0.15) is 5.10 Å². The predicted molar refractivity (Wildman–Crippen MR) is 105 cm³/mol. The Labute approximate surface area is 150 Å². The number of rotatable bonds is 4. The molecule has 2 N–H and O–H groups in total. The Hall–Kier alpha value is -2.80. The van der Waals surface area contributed by atoms with Gasteiger partial charge < -0.3 is 5.32 Å². The molecule has 0 fully saturated rings. The highest BCUT2D eigenvalue weighted by Crippen LogP contribution is 2.31. The number of aromatic nitrogens is 3. The molecule has 2 aromatic carbocycles. The summed E-state index contributed by atoms with van der Waals surface area (Å²) in [5, 5.41) is 20.5. The van der Waals surface area contributed by atoms with Gasteiger partial charge in [0.15, 0.2) is 0 Å². The molecule has 0 amide bonds. The summed E-state index contributed by atoms with van der Waals surface area (Å²) in [6.07, 6.45) is 1.81. The fourth-order valence-electron chi connectivity index (χ4n) is 2.35. The molecule has 4 aromatic rings. The molecule has 7 heteroatoms. The van der Waals surface area contributed by atoms with Gasteiger partial charge in [0.05, 0.1) is 27.6 Å². The Kier molecular flexibility index (Phi) is 5.35. The first-order valence-corrected chi connectivity index (χ1v) is 9.13. The van der Waals surface area contributed by atoms with Crippen LogP contribution >= 0.6 is 11.3 Å². The molecule has 0 saturated heterocycles. The Bertz CT molecular complexity index is 936. The molecular weight excluding hydrogens is 332 g/mol. The van der Waals surface area contributed by atoms with Crippen molar-refractivity contribution in [2.45, 2.75) is 20.8 Å². The summed E-state index contributed by atoms with van der Waals surface area (Å²) >= 11 is 1.52. The standard InChI is InChI=1S/C16H14N6S.C2H6/c1-2-17-11-3-5-12(6-4-11)20-22-16-19-14-8-13-10(9-18-21-13)7-15(14)23-16;1-2/h3-9,17H,2H2,1H3,(H,18,21);1-2H3. The van der Waals surface area contributed by atoms with Crippen molar-refractivity contribution in [2.75, 3.05) is 11.9 Å². The number of anilines is 1. The van der Waals surface area contributed by atoms with E-state index in [1.54, 1.807) is 0 Å². The molecule has 4 rings (SSSR count). The summed E-state index contributed by atoms with van der Waals surface area (Å²) in [5.74, 6) is 0. The van der Waals surface area contributed by atoms with E-state index in [-0.39, 0.29) is 0 Å². The Morgan fingerprint density at radius 2 is 1.92 bits per heavy atom. The van der Waals surface area contributed by atoms with Crippen molar-refractivity contribution in [1.29, 1.82) is 0 Å². The number of hydrogen-bond donors (Lipinski definition) is 2. The minimum absolute atomic E-state index is 0.649. The Balaban J connectivity index is 0.000000880. The van der Waals surface area contributed by atoms with Gasteiger partial charge in [-0.1, -0.05) is 25.2 Å². The molecule has 0 aliphatic carbocycles. The molecule has 0 atom stereocenters.